The maximum absolute atomic E-state index is 11.5. The van der Waals surface area contributed by atoms with Gasteiger partial charge in [-0.3, -0.25) is 0 Å². The lowest BCUT2D eigenvalue weighted by Gasteiger charge is -2.09. The van der Waals surface area contributed by atoms with E-state index in [-0.39, 0.29) is 5.56 Å². The summed E-state index contributed by atoms with van der Waals surface area (Å²) in [5.74, 6) is -1.04. The molecule has 0 saturated heterocycles. The van der Waals surface area contributed by atoms with Gasteiger partial charge in [-0.25, -0.2) is 9.59 Å². The first-order valence-electron chi connectivity index (χ1n) is 4.81. The molecule has 18 heavy (non-hydrogen) atoms. The first-order chi connectivity index (χ1) is 8.40. The molecule has 0 fully saturated rings. The van der Waals surface area contributed by atoms with Crippen LogP contribution in [0.15, 0.2) is 29.3 Å². The first kappa shape index (κ1) is 15.0. The SMILES string of the molecule is C=C(Br)CNC(=O)Nc1cc(C(=O)O)ccc1I. The van der Waals surface area contributed by atoms with Gasteiger partial charge in [-0.15, -0.1) is 0 Å². The summed E-state index contributed by atoms with van der Waals surface area (Å²) in [5, 5.41) is 14.0. The Morgan fingerprint density at radius 1 is 1.44 bits per heavy atom. The van der Waals surface area contributed by atoms with Gasteiger partial charge in [-0.05, 0) is 40.8 Å². The maximum atomic E-state index is 11.5. The largest absolute Gasteiger partial charge is 0.478 e. The zero-order valence-corrected chi connectivity index (χ0v) is 12.9. The third-order valence-electron chi connectivity index (χ3n) is 1.90. The summed E-state index contributed by atoms with van der Waals surface area (Å²) in [5.41, 5.74) is 0.573. The number of halogens is 2. The zero-order valence-electron chi connectivity index (χ0n) is 9.17. The van der Waals surface area contributed by atoms with Gasteiger partial charge in [0.15, 0.2) is 0 Å². The van der Waals surface area contributed by atoms with Crippen LogP contribution < -0.4 is 10.6 Å². The van der Waals surface area contributed by atoms with E-state index in [0.29, 0.717) is 16.7 Å². The minimum atomic E-state index is -1.04. The quantitative estimate of drug-likeness (QED) is 0.650. The number of carboxylic acid groups (broad SMARTS) is 1. The topological polar surface area (TPSA) is 78.4 Å². The van der Waals surface area contributed by atoms with Crippen LogP contribution in [0.1, 0.15) is 10.4 Å². The van der Waals surface area contributed by atoms with E-state index in [1.165, 1.54) is 12.1 Å². The molecular formula is C11H10BrIN2O3. The lowest BCUT2D eigenvalue weighted by molar-refractivity contribution is 0.0697. The number of nitrogens with one attached hydrogen (secondary N) is 2. The van der Waals surface area contributed by atoms with E-state index in [4.69, 9.17) is 5.11 Å². The number of aromatic carboxylic acids is 1. The third kappa shape index (κ3) is 4.65. The van der Waals surface area contributed by atoms with Crippen LogP contribution in [0.25, 0.3) is 0 Å². The highest BCUT2D eigenvalue weighted by Crippen LogP contribution is 2.19. The number of hydrogen-bond acceptors (Lipinski definition) is 2. The Bertz CT molecular complexity index is 505. The van der Waals surface area contributed by atoms with Gasteiger partial charge in [-0.2, -0.15) is 0 Å². The molecule has 0 unspecified atom stereocenters. The number of carboxylic acids is 1. The molecule has 96 valence electrons. The van der Waals surface area contributed by atoms with Gasteiger partial charge in [0.2, 0.25) is 0 Å². The molecule has 0 heterocycles. The highest BCUT2D eigenvalue weighted by atomic mass is 127. The van der Waals surface area contributed by atoms with Crippen molar-refractivity contribution < 1.29 is 14.7 Å². The Kier molecular flexibility index (Phi) is 5.60. The summed E-state index contributed by atoms with van der Waals surface area (Å²) in [6.07, 6.45) is 0. The molecule has 2 amide bonds. The van der Waals surface area contributed by atoms with Crippen LogP contribution in [0.3, 0.4) is 0 Å². The first-order valence-corrected chi connectivity index (χ1v) is 6.68. The van der Waals surface area contributed by atoms with Crippen LogP contribution in [0.2, 0.25) is 0 Å². The molecule has 1 rings (SSSR count). The van der Waals surface area contributed by atoms with Crippen molar-refractivity contribution in [2.24, 2.45) is 0 Å². The molecule has 0 saturated carbocycles. The molecule has 5 nitrogen and oxygen atoms in total. The van der Waals surface area contributed by atoms with E-state index >= 15 is 0 Å². The Hall–Kier alpha value is -1.09. The molecule has 0 aliphatic rings. The van der Waals surface area contributed by atoms with E-state index < -0.39 is 12.0 Å². The summed E-state index contributed by atoms with van der Waals surface area (Å²) in [4.78, 5) is 22.3. The van der Waals surface area contributed by atoms with Gasteiger partial charge in [0.25, 0.3) is 0 Å². The van der Waals surface area contributed by atoms with E-state index in [9.17, 15) is 9.59 Å². The number of hydrogen-bond donors (Lipinski definition) is 3. The number of carbonyl (C=O) groups is 2. The normalized spacial score (nSPS) is 9.67. The fourth-order valence-corrected chi connectivity index (χ4v) is 1.71. The summed E-state index contributed by atoms with van der Waals surface area (Å²) in [6.45, 7) is 3.88. The molecule has 0 aliphatic heterocycles. The van der Waals surface area contributed by atoms with Crippen molar-refractivity contribution in [1.82, 2.24) is 5.32 Å². The van der Waals surface area contributed by atoms with Crippen molar-refractivity contribution in [2.75, 3.05) is 11.9 Å². The predicted molar refractivity (Wildman–Crippen MR) is 81.2 cm³/mol. The second-order valence-electron chi connectivity index (χ2n) is 3.32. The Balaban J connectivity index is 2.77. The fourth-order valence-electron chi connectivity index (χ4n) is 1.10. The molecule has 0 bridgehead atoms. The summed E-state index contributed by atoms with van der Waals surface area (Å²) < 4.78 is 1.40. The molecule has 7 heteroatoms. The number of carbonyl (C=O) groups excluding carboxylic acids is 1. The summed E-state index contributed by atoms with van der Waals surface area (Å²) in [6, 6.07) is 4.10. The van der Waals surface area contributed by atoms with Crippen LogP contribution in [0, 0.1) is 3.57 Å². The molecule has 0 spiro atoms. The van der Waals surface area contributed by atoms with Gasteiger partial charge in [-0.1, -0.05) is 22.5 Å². The van der Waals surface area contributed by atoms with Crippen LogP contribution >= 0.6 is 38.5 Å². The average molecular weight is 425 g/mol. The average Bonchev–Trinajstić information content (AvgIpc) is 2.29. The van der Waals surface area contributed by atoms with Gasteiger partial charge in [0.05, 0.1) is 17.8 Å². The van der Waals surface area contributed by atoms with E-state index in [1.54, 1.807) is 6.07 Å². The maximum Gasteiger partial charge on any atom is 0.335 e. The minimum Gasteiger partial charge on any atom is -0.478 e. The fraction of sp³-hybridized carbons (Fsp3) is 0.0909. The summed E-state index contributed by atoms with van der Waals surface area (Å²) in [7, 11) is 0. The van der Waals surface area contributed by atoms with E-state index in [2.05, 4.69) is 33.1 Å². The molecule has 3 N–H and O–H groups in total. The smallest absolute Gasteiger partial charge is 0.335 e. The highest BCUT2D eigenvalue weighted by Gasteiger charge is 2.09. The van der Waals surface area contributed by atoms with Crippen molar-refractivity contribution in [3.8, 4) is 0 Å². The second-order valence-corrected chi connectivity index (χ2v) is 5.61. The van der Waals surface area contributed by atoms with Crippen molar-refractivity contribution in [1.29, 1.82) is 0 Å². The lowest BCUT2D eigenvalue weighted by Crippen LogP contribution is -2.29. The Labute approximate surface area is 126 Å². The Morgan fingerprint density at radius 3 is 2.67 bits per heavy atom. The number of rotatable bonds is 4. The van der Waals surface area contributed by atoms with Gasteiger partial charge >= 0.3 is 12.0 Å². The molecule has 1 aromatic rings. The molecule has 0 aromatic heterocycles. The van der Waals surface area contributed by atoms with Crippen LogP contribution in [0.5, 0.6) is 0 Å². The predicted octanol–water partition coefficient (Wildman–Crippen LogP) is 3.02. The summed E-state index contributed by atoms with van der Waals surface area (Å²) >= 11 is 5.13. The standard InChI is InChI=1S/C11H10BrIN2O3/c1-6(12)5-14-11(18)15-9-4-7(10(16)17)2-3-8(9)13/h2-4H,1,5H2,(H,16,17)(H2,14,15,18). The van der Waals surface area contributed by atoms with Crippen LogP contribution in [-0.4, -0.2) is 23.7 Å². The molecule has 0 atom stereocenters. The van der Waals surface area contributed by atoms with Crippen molar-refractivity contribution >= 4 is 56.2 Å². The number of anilines is 1. The van der Waals surface area contributed by atoms with E-state index in [1.807, 2.05) is 22.6 Å². The van der Waals surface area contributed by atoms with Crippen LogP contribution in [-0.2, 0) is 0 Å². The minimum absolute atomic E-state index is 0.121. The van der Waals surface area contributed by atoms with Gasteiger partial charge < -0.3 is 15.7 Å². The Morgan fingerprint density at radius 2 is 2.11 bits per heavy atom. The van der Waals surface area contributed by atoms with Crippen LogP contribution in [0.4, 0.5) is 10.5 Å². The van der Waals surface area contributed by atoms with Gasteiger partial charge in [0.1, 0.15) is 0 Å². The van der Waals surface area contributed by atoms with Crippen molar-refractivity contribution in [2.45, 2.75) is 0 Å². The van der Waals surface area contributed by atoms with E-state index in [0.717, 1.165) is 3.57 Å². The lowest BCUT2D eigenvalue weighted by atomic mass is 10.2. The number of urea groups is 1. The number of benzene rings is 1. The van der Waals surface area contributed by atoms with Gasteiger partial charge in [0, 0.05) is 8.05 Å². The molecular weight excluding hydrogens is 415 g/mol. The highest BCUT2D eigenvalue weighted by molar-refractivity contribution is 14.1. The molecule has 1 aromatic carbocycles. The third-order valence-corrected chi connectivity index (χ3v) is 3.12. The molecule has 0 aliphatic carbocycles. The number of amides is 2. The molecule has 0 radical (unpaired) electrons. The zero-order chi connectivity index (χ0) is 13.7. The monoisotopic (exact) mass is 424 g/mol. The van der Waals surface area contributed by atoms with Crippen molar-refractivity contribution in [3.05, 3.63) is 38.4 Å². The van der Waals surface area contributed by atoms with Crippen molar-refractivity contribution in [3.63, 3.8) is 0 Å². The second kappa shape index (κ2) is 6.74.